The van der Waals surface area contributed by atoms with Gasteiger partial charge in [0.15, 0.2) is 17.0 Å². The molecule has 0 aliphatic carbocycles. The third-order valence-corrected chi connectivity index (χ3v) is 11.3. The first-order valence-corrected chi connectivity index (χ1v) is 19.3. The molecule has 13 heteroatoms. The lowest BCUT2D eigenvalue weighted by atomic mass is 10.1. The maximum absolute atomic E-state index is 7.35. The summed E-state index contributed by atoms with van der Waals surface area (Å²) in [5, 5.41) is 0. The molecule has 8 aromatic rings. The first kappa shape index (κ1) is 33.9. The smallest absolute Gasteiger partial charge is 0.167 e. The number of aromatic nitrogens is 8. The van der Waals surface area contributed by atoms with Crippen molar-refractivity contribution in [2.75, 3.05) is 18.1 Å². The van der Waals surface area contributed by atoms with Crippen LogP contribution in [-0.4, -0.2) is 51.8 Å². The Morgan fingerprint density at radius 3 is 2.02 bits per heavy atom. The maximum atomic E-state index is 7.35. The van der Waals surface area contributed by atoms with Gasteiger partial charge in [-0.2, -0.15) is 0 Å². The largest absolute Gasteiger partial charge is 0.358 e. The van der Waals surface area contributed by atoms with Crippen LogP contribution >= 0.6 is 31.9 Å². The number of hydrogen-bond donors (Lipinski definition) is 1. The maximum Gasteiger partial charge on any atom is 0.167 e. The zero-order valence-corrected chi connectivity index (χ0v) is 32.1. The number of nitrogens with two attached hydrogens (primary N) is 1. The summed E-state index contributed by atoms with van der Waals surface area (Å²) in [6.45, 7) is 3.20. The molecule has 5 heterocycles. The van der Waals surface area contributed by atoms with E-state index in [0.717, 1.165) is 73.3 Å². The van der Waals surface area contributed by atoms with Gasteiger partial charge in [0.1, 0.15) is 24.2 Å². The summed E-state index contributed by atoms with van der Waals surface area (Å²) in [6, 6.07) is 31.8. The zero-order chi connectivity index (χ0) is 36.1. The van der Waals surface area contributed by atoms with Crippen molar-refractivity contribution in [2.24, 2.45) is 5.73 Å². The zero-order valence-electron chi connectivity index (χ0n) is 28.9. The Bertz CT molecular complexity index is 2560. The predicted octanol–water partition coefficient (Wildman–Crippen LogP) is 9.00. The van der Waals surface area contributed by atoms with E-state index in [9.17, 15) is 0 Å². The van der Waals surface area contributed by atoms with E-state index in [4.69, 9.17) is 35.4 Å². The van der Waals surface area contributed by atoms with E-state index in [1.807, 2.05) is 83.7 Å². The van der Waals surface area contributed by atoms with Crippen LogP contribution in [-0.2, 0) is 4.74 Å². The summed E-state index contributed by atoms with van der Waals surface area (Å²) in [7, 11) is 0. The van der Waals surface area contributed by atoms with Gasteiger partial charge in [-0.15, -0.1) is 0 Å². The first-order chi connectivity index (χ1) is 26.0. The fourth-order valence-corrected chi connectivity index (χ4v) is 8.54. The standard InChI is InChI=1S/C40H36Br2N10O/c1-25(37-47-31-18-10-16-28(41)35(31)51(37)26-12-4-2-5-13-26)49(39-34-40(45-23-44-39)50(24-46-34)33-20-8-9-21-53-33)22-30(43)38-48-32-19-11-17-29(42)36(32)52(38)27-14-6-3-7-15-27/h2-7,10-19,23-25,30,33H,8-9,20-22,43H2,1H3/t25-,30?,33-/m0/s1. The van der Waals surface area contributed by atoms with E-state index in [2.05, 4.69) is 77.1 Å². The van der Waals surface area contributed by atoms with Crippen LogP contribution in [0.5, 0.6) is 0 Å². The van der Waals surface area contributed by atoms with Gasteiger partial charge in [-0.05, 0) is 107 Å². The van der Waals surface area contributed by atoms with Crippen LogP contribution in [0.1, 0.15) is 56.1 Å². The van der Waals surface area contributed by atoms with Crippen molar-refractivity contribution in [3.8, 4) is 11.4 Å². The van der Waals surface area contributed by atoms with E-state index in [1.165, 1.54) is 0 Å². The number of anilines is 1. The van der Waals surface area contributed by atoms with E-state index in [1.54, 1.807) is 6.33 Å². The number of hydrogen-bond acceptors (Lipinski definition) is 8. The van der Waals surface area contributed by atoms with Crippen molar-refractivity contribution in [2.45, 2.75) is 44.5 Å². The number of fused-ring (bicyclic) bond motifs is 3. The number of rotatable bonds is 9. The molecule has 2 N–H and O–H groups in total. The highest BCUT2D eigenvalue weighted by Gasteiger charge is 2.32. The summed E-state index contributed by atoms with van der Waals surface area (Å²) in [5.74, 6) is 2.20. The van der Waals surface area contributed by atoms with Crippen molar-refractivity contribution in [1.82, 2.24) is 38.6 Å². The van der Waals surface area contributed by atoms with Crippen molar-refractivity contribution in [1.29, 1.82) is 0 Å². The second-order valence-corrected chi connectivity index (χ2v) is 15.0. The van der Waals surface area contributed by atoms with Crippen LogP contribution in [0.4, 0.5) is 5.82 Å². The van der Waals surface area contributed by atoms with Crippen LogP contribution in [0.2, 0.25) is 0 Å². The number of para-hydroxylation sites is 4. The normalized spacial score (nSPS) is 16.0. The van der Waals surface area contributed by atoms with Crippen molar-refractivity contribution in [3.63, 3.8) is 0 Å². The third-order valence-electron chi connectivity index (χ3n) is 9.98. The molecule has 0 spiro atoms. The Morgan fingerprint density at radius 1 is 0.774 bits per heavy atom. The number of nitrogens with zero attached hydrogens (tertiary/aromatic N) is 9. The average Bonchev–Trinajstić information content (AvgIpc) is 3.93. The fourth-order valence-electron chi connectivity index (χ4n) is 7.48. The van der Waals surface area contributed by atoms with Crippen molar-refractivity contribution < 1.29 is 4.74 Å². The molecular weight excluding hydrogens is 796 g/mol. The van der Waals surface area contributed by atoms with Crippen LogP contribution in [0, 0.1) is 0 Å². The molecule has 0 saturated carbocycles. The summed E-state index contributed by atoms with van der Waals surface area (Å²) >= 11 is 7.63. The van der Waals surface area contributed by atoms with Gasteiger partial charge in [0.2, 0.25) is 0 Å². The van der Waals surface area contributed by atoms with E-state index < -0.39 is 6.04 Å². The van der Waals surface area contributed by atoms with Crippen LogP contribution in [0.3, 0.4) is 0 Å². The van der Waals surface area contributed by atoms with Gasteiger partial charge < -0.3 is 15.4 Å². The monoisotopic (exact) mass is 830 g/mol. The highest BCUT2D eigenvalue weighted by atomic mass is 79.9. The number of halogens is 2. The predicted molar refractivity (Wildman–Crippen MR) is 214 cm³/mol. The molecule has 1 aliphatic rings. The summed E-state index contributed by atoms with van der Waals surface area (Å²) in [6.07, 6.45) is 6.34. The highest BCUT2D eigenvalue weighted by molar-refractivity contribution is 9.11. The number of benzene rings is 4. The second-order valence-electron chi connectivity index (χ2n) is 13.3. The fraction of sp³-hybridized carbons (Fsp3) is 0.225. The molecule has 1 saturated heterocycles. The molecule has 53 heavy (non-hydrogen) atoms. The molecule has 1 aliphatic heterocycles. The number of ether oxygens (including phenoxy) is 1. The van der Waals surface area contributed by atoms with Gasteiger partial charge in [0.25, 0.3) is 0 Å². The first-order valence-electron chi connectivity index (χ1n) is 17.7. The van der Waals surface area contributed by atoms with Gasteiger partial charge in [-0.3, -0.25) is 13.7 Å². The van der Waals surface area contributed by atoms with Gasteiger partial charge in [0, 0.05) is 33.5 Å². The Morgan fingerprint density at radius 2 is 1.40 bits per heavy atom. The topological polar surface area (TPSA) is 118 Å². The molecule has 0 radical (unpaired) electrons. The molecule has 1 fully saturated rings. The third kappa shape index (κ3) is 6.01. The molecule has 3 atom stereocenters. The van der Waals surface area contributed by atoms with Crippen molar-refractivity contribution >= 4 is 70.9 Å². The van der Waals surface area contributed by atoms with Crippen molar-refractivity contribution in [3.05, 3.63) is 130 Å². The van der Waals surface area contributed by atoms with Gasteiger partial charge in [0.05, 0.1) is 40.5 Å². The summed E-state index contributed by atoms with van der Waals surface area (Å²) < 4.78 is 14.4. The lowest BCUT2D eigenvalue weighted by molar-refractivity contribution is -0.0298. The Hall–Kier alpha value is -4.95. The minimum absolute atomic E-state index is 0.131. The molecule has 0 amide bonds. The lowest BCUT2D eigenvalue weighted by Gasteiger charge is -2.32. The average molecular weight is 833 g/mol. The Labute approximate surface area is 322 Å². The molecule has 11 nitrogen and oxygen atoms in total. The Kier molecular flexibility index (Phi) is 9.02. The summed E-state index contributed by atoms with van der Waals surface area (Å²) in [5.41, 5.74) is 14.4. The van der Waals surface area contributed by atoms with E-state index in [0.29, 0.717) is 30.1 Å². The molecule has 266 valence electrons. The minimum atomic E-state index is -0.563. The van der Waals surface area contributed by atoms with E-state index >= 15 is 0 Å². The molecule has 4 aromatic carbocycles. The van der Waals surface area contributed by atoms with Crippen LogP contribution < -0.4 is 10.6 Å². The molecule has 9 rings (SSSR count). The summed E-state index contributed by atoms with van der Waals surface area (Å²) in [4.78, 5) is 27.2. The van der Waals surface area contributed by atoms with Crippen LogP contribution in [0.25, 0.3) is 44.6 Å². The van der Waals surface area contributed by atoms with Crippen LogP contribution in [0.15, 0.2) is 119 Å². The molecule has 1 unspecified atom stereocenters. The number of imidazole rings is 3. The quantitative estimate of drug-likeness (QED) is 0.153. The van der Waals surface area contributed by atoms with Gasteiger partial charge in [-0.1, -0.05) is 48.5 Å². The van der Waals surface area contributed by atoms with E-state index in [-0.39, 0.29) is 12.3 Å². The van der Waals surface area contributed by atoms with Gasteiger partial charge >= 0.3 is 0 Å². The minimum Gasteiger partial charge on any atom is -0.358 e. The SMILES string of the molecule is C[C@@H](c1nc2cccc(Br)c2n1-c1ccccc1)N(CC(N)c1nc2cccc(Br)c2n1-c1ccccc1)c1ncnc2c1ncn2[C@@H]1CCCCO1. The second kappa shape index (κ2) is 14.1. The molecule has 0 bridgehead atoms. The molecule has 4 aromatic heterocycles. The van der Waals surface area contributed by atoms with Gasteiger partial charge in [-0.25, -0.2) is 24.9 Å². The lowest BCUT2D eigenvalue weighted by Crippen LogP contribution is -2.37. The molecular formula is C40H36Br2N10O. The highest BCUT2D eigenvalue weighted by Crippen LogP contribution is 2.38. The Balaban J connectivity index is 1.23.